The lowest BCUT2D eigenvalue weighted by atomic mass is 10.3. The van der Waals surface area contributed by atoms with Gasteiger partial charge in [-0.2, -0.15) is 0 Å². The number of aliphatic carboxylic acids is 1. The largest absolute Gasteiger partial charge is 0.481 e. The molecule has 0 aromatic carbocycles. The van der Waals surface area contributed by atoms with Crippen LogP contribution in [0.3, 0.4) is 0 Å². The van der Waals surface area contributed by atoms with E-state index in [0.717, 1.165) is 5.57 Å². The Balaban J connectivity index is 3.56. The summed E-state index contributed by atoms with van der Waals surface area (Å²) in [4.78, 5) is 9.99. The Labute approximate surface area is 60.9 Å². The maximum absolute atomic E-state index is 9.99. The highest BCUT2D eigenvalue weighted by molar-refractivity contribution is 5.66. The van der Waals surface area contributed by atoms with Crippen molar-refractivity contribution in [3.8, 4) is 0 Å². The molecule has 0 amide bonds. The van der Waals surface area contributed by atoms with Crippen LogP contribution in [-0.2, 0) is 4.79 Å². The van der Waals surface area contributed by atoms with Crippen molar-refractivity contribution in [2.75, 3.05) is 0 Å². The van der Waals surface area contributed by atoms with Crippen molar-refractivity contribution in [1.29, 1.82) is 0 Å². The van der Waals surface area contributed by atoms with E-state index >= 15 is 0 Å². The van der Waals surface area contributed by atoms with Crippen LogP contribution in [-0.4, -0.2) is 11.1 Å². The zero-order valence-electron chi connectivity index (χ0n) is 6.35. The first-order valence-electron chi connectivity index (χ1n) is 3.23. The lowest BCUT2D eigenvalue weighted by Gasteiger charge is -1.83. The van der Waals surface area contributed by atoms with Crippen LogP contribution in [0.2, 0.25) is 0 Å². The maximum Gasteiger partial charge on any atom is 0.303 e. The monoisotopic (exact) mass is 140 g/mol. The predicted molar refractivity (Wildman–Crippen MR) is 39.8 cm³/mol. The fraction of sp³-hybridized carbons (Fsp3) is 0.500. The summed E-state index contributed by atoms with van der Waals surface area (Å²) < 4.78 is 0. The molecule has 10 heavy (non-hydrogen) atoms. The second-order valence-corrected chi connectivity index (χ2v) is 2.28. The minimum Gasteiger partial charge on any atom is -0.481 e. The average Bonchev–Trinajstić information content (AvgIpc) is 1.79. The van der Waals surface area contributed by atoms with E-state index in [9.17, 15) is 4.79 Å². The zero-order valence-corrected chi connectivity index (χ0v) is 6.35. The normalized spacial score (nSPS) is 8.20. The van der Waals surface area contributed by atoms with Gasteiger partial charge in [-0.05, 0) is 31.9 Å². The van der Waals surface area contributed by atoms with Gasteiger partial charge in [0.25, 0.3) is 0 Å². The molecule has 0 bridgehead atoms. The molecule has 0 rings (SSSR count). The van der Waals surface area contributed by atoms with E-state index in [-0.39, 0.29) is 6.42 Å². The molecule has 0 saturated heterocycles. The third kappa shape index (κ3) is 6.99. The Morgan fingerprint density at radius 2 is 2.20 bits per heavy atom. The van der Waals surface area contributed by atoms with Crippen LogP contribution in [0.15, 0.2) is 17.4 Å². The van der Waals surface area contributed by atoms with Crippen LogP contribution in [0.5, 0.6) is 0 Å². The van der Waals surface area contributed by atoms with Crippen molar-refractivity contribution >= 4 is 5.97 Å². The van der Waals surface area contributed by atoms with E-state index in [1.165, 1.54) is 0 Å². The molecule has 0 heterocycles. The van der Waals surface area contributed by atoms with Gasteiger partial charge in [0.1, 0.15) is 0 Å². The van der Waals surface area contributed by atoms with Crippen LogP contribution in [0.1, 0.15) is 26.7 Å². The van der Waals surface area contributed by atoms with Gasteiger partial charge in [-0.1, -0.05) is 0 Å². The predicted octanol–water partition coefficient (Wildman–Crippen LogP) is 1.97. The van der Waals surface area contributed by atoms with Gasteiger partial charge >= 0.3 is 5.97 Å². The smallest absolute Gasteiger partial charge is 0.303 e. The molecule has 0 saturated carbocycles. The van der Waals surface area contributed by atoms with Crippen molar-refractivity contribution in [2.24, 2.45) is 0 Å². The fourth-order valence-electron chi connectivity index (χ4n) is 0.472. The minimum atomic E-state index is -0.758. The summed E-state index contributed by atoms with van der Waals surface area (Å²) in [6, 6.07) is 0. The Morgan fingerprint density at radius 1 is 1.60 bits per heavy atom. The van der Waals surface area contributed by atoms with Gasteiger partial charge in [0.05, 0.1) is 0 Å². The van der Waals surface area contributed by atoms with Crippen LogP contribution in [0.4, 0.5) is 0 Å². The van der Waals surface area contributed by atoms with Gasteiger partial charge in [-0.3, -0.25) is 4.79 Å². The Hall–Kier alpha value is -1.01. The molecule has 0 fully saturated rings. The number of hydrogen-bond donors (Lipinski definition) is 1. The number of rotatable bonds is 3. The summed E-state index contributed by atoms with van der Waals surface area (Å²) >= 11 is 0. The highest BCUT2D eigenvalue weighted by Crippen LogP contribution is 1.91. The highest BCUT2D eigenvalue weighted by atomic mass is 16.4. The van der Waals surface area contributed by atoms with Crippen molar-refractivity contribution in [1.82, 2.24) is 0 Å². The van der Waals surface area contributed by atoms with Crippen LogP contribution >= 0.6 is 0 Å². The third-order valence-corrected chi connectivity index (χ3v) is 0.893. The van der Waals surface area contributed by atoms with Gasteiger partial charge < -0.3 is 5.11 Å². The topological polar surface area (TPSA) is 37.3 Å². The number of carboxylic acid groups (broad SMARTS) is 1. The first kappa shape index (κ1) is 8.99. The summed E-state index contributed by atoms with van der Waals surface area (Å²) in [5.74, 6) is -0.758. The third-order valence-electron chi connectivity index (χ3n) is 0.893. The van der Waals surface area contributed by atoms with Gasteiger partial charge in [-0.15, -0.1) is 5.73 Å². The van der Waals surface area contributed by atoms with Gasteiger partial charge in [-0.25, -0.2) is 0 Å². The number of carbonyl (C=O) groups is 1. The quantitative estimate of drug-likeness (QED) is 0.608. The number of allylic oxidation sites excluding steroid dienone is 1. The van der Waals surface area contributed by atoms with E-state index in [1.54, 1.807) is 6.08 Å². The molecule has 56 valence electrons. The summed E-state index contributed by atoms with van der Waals surface area (Å²) in [5, 5.41) is 8.22. The molecule has 0 radical (unpaired) electrons. The molecule has 1 N–H and O–H groups in total. The van der Waals surface area contributed by atoms with Crippen molar-refractivity contribution in [3.63, 3.8) is 0 Å². The fourth-order valence-corrected chi connectivity index (χ4v) is 0.472. The van der Waals surface area contributed by atoms with Gasteiger partial charge in [0, 0.05) is 6.42 Å². The lowest BCUT2D eigenvalue weighted by molar-refractivity contribution is -0.136. The standard InChI is InChI=1S/C8H12O2/c1-7(2)5-3-4-6-8(9)10/h3H,4,6H2,1-2H3,(H,9,10). The van der Waals surface area contributed by atoms with Crippen LogP contribution in [0, 0.1) is 0 Å². The number of hydrogen-bond acceptors (Lipinski definition) is 1. The summed E-state index contributed by atoms with van der Waals surface area (Å²) in [5.41, 5.74) is 4.00. The second-order valence-electron chi connectivity index (χ2n) is 2.28. The van der Waals surface area contributed by atoms with Gasteiger partial charge in [0.15, 0.2) is 0 Å². The summed E-state index contributed by atoms with van der Waals surface area (Å²) in [6.45, 7) is 3.86. The molecule has 0 spiro atoms. The van der Waals surface area contributed by atoms with E-state index in [2.05, 4.69) is 5.73 Å². The van der Waals surface area contributed by atoms with Crippen molar-refractivity contribution < 1.29 is 9.90 Å². The van der Waals surface area contributed by atoms with E-state index in [1.807, 2.05) is 13.8 Å². The molecular formula is C8H12O2. The second kappa shape index (κ2) is 4.83. The highest BCUT2D eigenvalue weighted by Gasteiger charge is 1.90. The summed E-state index contributed by atoms with van der Waals surface area (Å²) in [6.07, 6.45) is 2.52. The molecule has 0 aliphatic carbocycles. The Morgan fingerprint density at radius 3 is 2.60 bits per heavy atom. The molecule has 0 unspecified atom stereocenters. The maximum atomic E-state index is 9.99. The van der Waals surface area contributed by atoms with Gasteiger partial charge in [0.2, 0.25) is 0 Å². The first-order valence-corrected chi connectivity index (χ1v) is 3.23. The molecule has 0 aromatic rings. The Kier molecular flexibility index (Phi) is 4.34. The van der Waals surface area contributed by atoms with E-state index in [0.29, 0.717) is 6.42 Å². The van der Waals surface area contributed by atoms with Crippen LogP contribution in [0.25, 0.3) is 0 Å². The molecule has 2 nitrogen and oxygen atoms in total. The number of carboxylic acids is 1. The minimum absolute atomic E-state index is 0.195. The summed E-state index contributed by atoms with van der Waals surface area (Å²) in [7, 11) is 0. The van der Waals surface area contributed by atoms with Crippen LogP contribution < -0.4 is 0 Å². The Bertz CT molecular complexity index is 170. The molecular weight excluding hydrogens is 128 g/mol. The molecule has 0 atom stereocenters. The van der Waals surface area contributed by atoms with E-state index in [4.69, 9.17) is 5.11 Å². The first-order chi connectivity index (χ1) is 4.63. The van der Waals surface area contributed by atoms with Crippen molar-refractivity contribution in [3.05, 3.63) is 17.4 Å². The molecule has 0 aliphatic heterocycles. The zero-order chi connectivity index (χ0) is 7.98. The molecule has 0 aromatic heterocycles. The van der Waals surface area contributed by atoms with Crippen molar-refractivity contribution in [2.45, 2.75) is 26.7 Å². The molecule has 0 aliphatic rings. The SMILES string of the molecule is CC(C)=C=CCCC(=O)O. The average molecular weight is 140 g/mol. The van der Waals surface area contributed by atoms with E-state index < -0.39 is 5.97 Å². The molecule has 2 heteroatoms. The lowest BCUT2D eigenvalue weighted by Crippen LogP contribution is -1.91.